The van der Waals surface area contributed by atoms with Crippen LogP contribution in [0.4, 0.5) is 0 Å². The van der Waals surface area contributed by atoms with Crippen LogP contribution >= 0.6 is 0 Å². The molecule has 4 nitrogen and oxygen atoms in total. The largest absolute Gasteiger partial charge is 0.391 e. The number of nitrogens with one attached hydrogen (secondary N) is 1. The van der Waals surface area contributed by atoms with E-state index in [4.69, 9.17) is 5.11 Å². The van der Waals surface area contributed by atoms with Gasteiger partial charge in [-0.25, -0.2) is 0 Å². The van der Waals surface area contributed by atoms with E-state index >= 15 is 0 Å². The molecule has 17 heavy (non-hydrogen) atoms. The van der Waals surface area contributed by atoms with Crippen molar-refractivity contribution in [2.45, 2.75) is 0 Å². The molecule has 0 spiro atoms. The van der Waals surface area contributed by atoms with Crippen LogP contribution < -0.4 is 4.90 Å². The van der Waals surface area contributed by atoms with Gasteiger partial charge in [0, 0.05) is 5.56 Å². The van der Waals surface area contributed by atoms with E-state index in [1.54, 1.807) is 0 Å². The molecular formula is C13H19N2O2+. The van der Waals surface area contributed by atoms with Crippen molar-refractivity contribution in [3.63, 3.8) is 0 Å². The highest BCUT2D eigenvalue weighted by molar-refractivity contribution is 5.94. The van der Waals surface area contributed by atoms with Crippen LogP contribution in [-0.2, 0) is 0 Å². The summed E-state index contributed by atoms with van der Waals surface area (Å²) in [5.41, 5.74) is 0.762. The second-order valence-corrected chi connectivity index (χ2v) is 4.38. The average Bonchev–Trinajstić information content (AvgIpc) is 2.40. The van der Waals surface area contributed by atoms with Crippen LogP contribution in [0, 0.1) is 0 Å². The smallest absolute Gasteiger partial charge is 0.254 e. The van der Waals surface area contributed by atoms with Gasteiger partial charge in [0.15, 0.2) is 0 Å². The minimum absolute atomic E-state index is 0.119. The van der Waals surface area contributed by atoms with Crippen LogP contribution in [0.5, 0.6) is 0 Å². The Morgan fingerprint density at radius 2 is 1.88 bits per heavy atom. The van der Waals surface area contributed by atoms with Crippen LogP contribution in [0.15, 0.2) is 30.3 Å². The molecule has 4 heteroatoms. The van der Waals surface area contributed by atoms with Crippen molar-refractivity contribution < 1.29 is 14.8 Å². The van der Waals surface area contributed by atoms with E-state index < -0.39 is 0 Å². The predicted octanol–water partition coefficient (Wildman–Crippen LogP) is -0.980. The first kappa shape index (κ1) is 12.1. The number of carbonyl (C=O) groups is 1. The highest BCUT2D eigenvalue weighted by Gasteiger charge is 2.23. The Hall–Kier alpha value is -1.39. The minimum Gasteiger partial charge on any atom is -0.391 e. The molecule has 1 amide bonds. The van der Waals surface area contributed by atoms with Crippen LogP contribution in [-0.4, -0.2) is 55.2 Å². The monoisotopic (exact) mass is 235 g/mol. The van der Waals surface area contributed by atoms with Crippen LogP contribution in [0.2, 0.25) is 0 Å². The summed E-state index contributed by atoms with van der Waals surface area (Å²) in [6.45, 7) is 4.43. The van der Waals surface area contributed by atoms with Gasteiger partial charge in [0.25, 0.3) is 5.91 Å². The quantitative estimate of drug-likeness (QED) is 0.707. The number of carbonyl (C=O) groups excluding carboxylic acids is 1. The van der Waals surface area contributed by atoms with Gasteiger partial charge in [-0.05, 0) is 12.1 Å². The lowest BCUT2D eigenvalue weighted by atomic mass is 10.2. The fraction of sp³-hybridized carbons (Fsp3) is 0.462. The van der Waals surface area contributed by atoms with Crippen molar-refractivity contribution in [2.24, 2.45) is 0 Å². The molecule has 1 aromatic carbocycles. The molecule has 0 aromatic heterocycles. The summed E-state index contributed by atoms with van der Waals surface area (Å²) in [6.07, 6.45) is 0. The fourth-order valence-corrected chi connectivity index (χ4v) is 2.20. The molecule has 0 bridgehead atoms. The van der Waals surface area contributed by atoms with Gasteiger partial charge < -0.3 is 14.9 Å². The lowest BCUT2D eigenvalue weighted by Crippen LogP contribution is -3.15. The molecule has 1 saturated heterocycles. The average molecular weight is 235 g/mol. The fourth-order valence-electron chi connectivity index (χ4n) is 2.20. The standard InChI is InChI=1S/C13H18N2O2/c16-11-10-14-6-8-15(9-7-14)13(17)12-4-2-1-3-5-12/h1-5,16H,6-11H2/p+1. The van der Waals surface area contributed by atoms with Gasteiger partial charge >= 0.3 is 0 Å². The molecule has 1 aromatic rings. The Balaban J connectivity index is 1.91. The number of benzene rings is 1. The van der Waals surface area contributed by atoms with E-state index in [1.807, 2.05) is 35.2 Å². The molecule has 0 radical (unpaired) electrons. The van der Waals surface area contributed by atoms with Gasteiger partial charge in [-0.1, -0.05) is 18.2 Å². The first-order valence-corrected chi connectivity index (χ1v) is 6.10. The Morgan fingerprint density at radius 1 is 1.24 bits per heavy atom. The highest BCUT2D eigenvalue weighted by atomic mass is 16.3. The minimum atomic E-state index is 0.119. The van der Waals surface area contributed by atoms with E-state index in [9.17, 15) is 4.79 Å². The summed E-state index contributed by atoms with van der Waals surface area (Å²) in [6, 6.07) is 9.41. The molecule has 1 heterocycles. The lowest BCUT2D eigenvalue weighted by molar-refractivity contribution is -0.904. The Morgan fingerprint density at radius 3 is 2.47 bits per heavy atom. The number of hydrogen-bond donors (Lipinski definition) is 2. The van der Waals surface area contributed by atoms with E-state index in [0.29, 0.717) is 0 Å². The Labute approximate surface area is 101 Å². The number of piperazine rings is 1. The topological polar surface area (TPSA) is 45.0 Å². The van der Waals surface area contributed by atoms with Crippen molar-refractivity contribution in [3.8, 4) is 0 Å². The normalized spacial score (nSPS) is 17.1. The number of hydrogen-bond acceptors (Lipinski definition) is 2. The lowest BCUT2D eigenvalue weighted by Gasteiger charge is -2.31. The third kappa shape index (κ3) is 3.05. The van der Waals surface area contributed by atoms with Crippen molar-refractivity contribution in [3.05, 3.63) is 35.9 Å². The first-order valence-electron chi connectivity index (χ1n) is 6.10. The SMILES string of the molecule is O=C(c1ccccc1)N1CC[NH+](CCO)CC1. The number of aliphatic hydroxyl groups is 1. The van der Waals surface area contributed by atoms with Gasteiger partial charge in [-0.15, -0.1) is 0 Å². The zero-order valence-corrected chi connectivity index (χ0v) is 9.93. The zero-order chi connectivity index (χ0) is 12.1. The van der Waals surface area contributed by atoms with Crippen molar-refractivity contribution in [2.75, 3.05) is 39.3 Å². The van der Waals surface area contributed by atoms with Gasteiger partial charge in [-0.3, -0.25) is 4.79 Å². The van der Waals surface area contributed by atoms with E-state index in [-0.39, 0.29) is 12.5 Å². The summed E-state index contributed by atoms with van der Waals surface area (Å²) >= 11 is 0. The van der Waals surface area contributed by atoms with E-state index in [1.165, 1.54) is 4.90 Å². The van der Waals surface area contributed by atoms with Crippen LogP contribution in [0.1, 0.15) is 10.4 Å². The predicted molar refractivity (Wildman–Crippen MR) is 65.0 cm³/mol. The van der Waals surface area contributed by atoms with E-state index in [0.717, 1.165) is 38.3 Å². The molecule has 1 fully saturated rings. The first-order chi connectivity index (χ1) is 8.31. The molecule has 2 N–H and O–H groups in total. The number of nitrogens with zero attached hydrogens (tertiary/aromatic N) is 1. The summed E-state index contributed by atoms with van der Waals surface area (Å²) in [5.74, 6) is 0.119. The van der Waals surface area contributed by atoms with Gasteiger partial charge in [0.1, 0.15) is 6.54 Å². The molecule has 2 rings (SSSR count). The number of aliphatic hydroxyl groups excluding tert-OH is 1. The molecule has 0 unspecified atom stereocenters. The van der Waals surface area contributed by atoms with Crippen molar-refractivity contribution in [1.29, 1.82) is 0 Å². The maximum Gasteiger partial charge on any atom is 0.254 e. The molecule has 1 aliphatic rings. The summed E-state index contributed by atoms with van der Waals surface area (Å²) < 4.78 is 0. The molecule has 0 aliphatic carbocycles. The Kier molecular flexibility index (Phi) is 4.12. The number of amides is 1. The van der Waals surface area contributed by atoms with Gasteiger partial charge in [-0.2, -0.15) is 0 Å². The van der Waals surface area contributed by atoms with E-state index in [2.05, 4.69) is 0 Å². The summed E-state index contributed by atoms with van der Waals surface area (Å²) in [5, 5.41) is 8.87. The van der Waals surface area contributed by atoms with Crippen LogP contribution in [0.25, 0.3) is 0 Å². The molecular weight excluding hydrogens is 216 g/mol. The second-order valence-electron chi connectivity index (χ2n) is 4.38. The third-order valence-electron chi connectivity index (χ3n) is 3.24. The van der Waals surface area contributed by atoms with Gasteiger partial charge in [0.2, 0.25) is 0 Å². The zero-order valence-electron chi connectivity index (χ0n) is 9.93. The van der Waals surface area contributed by atoms with Gasteiger partial charge in [0.05, 0.1) is 32.8 Å². The maximum absolute atomic E-state index is 12.1. The van der Waals surface area contributed by atoms with Crippen molar-refractivity contribution >= 4 is 5.91 Å². The highest BCUT2D eigenvalue weighted by Crippen LogP contribution is 2.04. The third-order valence-corrected chi connectivity index (χ3v) is 3.24. The molecule has 0 atom stereocenters. The maximum atomic E-state index is 12.1. The number of rotatable bonds is 3. The van der Waals surface area contributed by atoms with Crippen molar-refractivity contribution in [1.82, 2.24) is 4.90 Å². The second kappa shape index (κ2) is 5.80. The molecule has 1 aliphatic heterocycles. The Bertz CT molecular complexity index is 359. The summed E-state index contributed by atoms with van der Waals surface area (Å²) in [7, 11) is 0. The number of quaternary nitrogens is 1. The van der Waals surface area contributed by atoms with Crippen LogP contribution in [0.3, 0.4) is 0 Å². The summed E-state index contributed by atoms with van der Waals surface area (Å²) in [4.78, 5) is 15.4. The molecule has 0 saturated carbocycles. The molecule has 92 valence electrons.